The lowest BCUT2D eigenvalue weighted by Gasteiger charge is -2.13. The number of carbonyl (C=O) groups is 2. The molecule has 0 bridgehead atoms. The third kappa shape index (κ3) is 5.70. The van der Waals surface area contributed by atoms with Gasteiger partial charge in [0.2, 0.25) is 5.91 Å². The van der Waals surface area contributed by atoms with Crippen LogP contribution in [0.1, 0.15) is 5.56 Å². The predicted molar refractivity (Wildman–Crippen MR) is 74.7 cm³/mol. The number of amides is 1. The fourth-order valence-corrected chi connectivity index (χ4v) is 1.75. The van der Waals surface area contributed by atoms with E-state index in [2.05, 4.69) is 5.32 Å². The molecule has 0 atom stereocenters. The Labute approximate surface area is 122 Å². The largest absolute Gasteiger partial charge is 0.496 e. The maximum absolute atomic E-state index is 11.9. The molecular formula is C14H19NO6. The summed E-state index contributed by atoms with van der Waals surface area (Å²) in [6.45, 7) is 0.000872. The minimum atomic E-state index is -1.04. The molecule has 21 heavy (non-hydrogen) atoms. The number of ether oxygens (including phenoxy) is 3. The summed E-state index contributed by atoms with van der Waals surface area (Å²) < 4.78 is 15.2. The predicted octanol–water partition coefficient (Wildman–Crippen LogP) is 0.464. The maximum Gasteiger partial charge on any atom is 0.329 e. The zero-order valence-corrected chi connectivity index (χ0v) is 12.0. The fraction of sp³-hybridized carbons (Fsp3) is 0.429. The van der Waals surface area contributed by atoms with Crippen LogP contribution in [0, 0.1) is 0 Å². The number of hydrogen-bond acceptors (Lipinski definition) is 5. The van der Waals surface area contributed by atoms with Gasteiger partial charge in [-0.2, -0.15) is 0 Å². The van der Waals surface area contributed by atoms with Crippen molar-refractivity contribution in [3.05, 3.63) is 23.8 Å². The molecule has 1 rings (SSSR count). The second-order valence-electron chi connectivity index (χ2n) is 4.11. The third-order valence-corrected chi connectivity index (χ3v) is 2.66. The van der Waals surface area contributed by atoms with Gasteiger partial charge in [-0.3, -0.25) is 4.79 Å². The number of nitrogens with one attached hydrogen (secondary N) is 1. The van der Waals surface area contributed by atoms with Crippen molar-refractivity contribution in [2.45, 2.75) is 6.42 Å². The van der Waals surface area contributed by atoms with Crippen LogP contribution in [0.25, 0.3) is 0 Å². The summed E-state index contributed by atoms with van der Waals surface area (Å²) >= 11 is 0. The van der Waals surface area contributed by atoms with Gasteiger partial charge in [0.25, 0.3) is 0 Å². The Morgan fingerprint density at radius 2 is 1.81 bits per heavy atom. The van der Waals surface area contributed by atoms with E-state index in [1.165, 1.54) is 14.2 Å². The summed E-state index contributed by atoms with van der Waals surface area (Å²) in [5.41, 5.74) is 0.659. The highest BCUT2D eigenvalue weighted by Gasteiger charge is 2.13. The molecule has 7 heteroatoms. The summed E-state index contributed by atoms with van der Waals surface area (Å²) in [6.07, 6.45) is 0.103. The van der Waals surface area contributed by atoms with E-state index in [0.29, 0.717) is 17.1 Å². The molecule has 0 aromatic heterocycles. The smallest absolute Gasteiger partial charge is 0.329 e. The first kappa shape index (κ1) is 16.8. The van der Waals surface area contributed by atoms with Crippen molar-refractivity contribution in [1.29, 1.82) is 0 Å². The summed E-state index contributed by atoms with van der Waals surface area (Å²) in [6, 6.07) is 5.28. The van der Waals surface area contributed by atoms with Crippen molar-refractivity contribution in [2.24, 2.45) is 0 Å². The SMILES string of the molecule is COc1cccc(OC)c1CC(=O)NCCOCC(=O)O. The molecule has 0 aliphatic rings. The lowest BCUT2D eigenvalue weighted by Crippen LogP contribution is -2.29. The number of hydrogen-bond donors (Lipinski definition) is 2. The Morgan fingerprint density at radius 3 is 2.33 bits per heavy atom. The first-order chi connectivity index (χ1) is 10.1. The lowest BCUT2D eigenvalue weighted by molar-refractivity contribution is -0.142. The molecule has 0 unspecified atom stereocenters. The average Bonchev–Trinajstić information content (AvgIpc) is 2.46. The van der Waals surface area contributed by atoms with Crippen molar-refractivity contribution in [3.8, 4) is 11.5 Å². The van der Waals surface area contributed by atoms with Gasteiger partial charge >= 0.3 is 5.97 Å². The third-order valence-electron chi connectivity index (χ3n) is 2.66. The molecule has 116 valence electrons. The Bertz CT molecular complexity index is 466. The highest BCUT2D eigenvalue weighted by molar-refractivity contribution is 5.80. The molecule has 0 saturated heterocycles. The number of rotatable bonds is 9. The first-order valence-electron chi connectivity index (χ1n) is 6.34. The quantitative estimate of drug-likeness (QED) is 0.643. The summed E-state index contributed by atoms with van der Waals surface area (Å²) in [7, 11) is 3.05. The van der Waals surface area contributed by atoms with Crippen molar-refractivity contribution in [2.75, 3.05) is 34.0 Å². The summed E-state index contributed by atoms with van der Waals surface area (Å²) in [5, 5.41) is 11.0. The van der Waals surface area contributed by atoms with Gasteiger partial charge in [-0.05, 0) is 12.1 Å². The zero-order chi connectivity index (χ0) is 15.7. The molecule has 7 nitrogen and oxygen atoms in total. The summed E-state index contributed by atoms with van der Waals surface area (Å²) in [4.78, 5) is 22.1. The number of carbonyl (C=O) groups excluding carboxylic acids is 1. The number of carboxylic acid groups (broad SMARTS) is 1. The highest BCUT2D eigenvalue weighted by atomic mass is 16.5. The van der Waals surface area contributed by atoms with E-state index < -0.39 is 5.97 Å². The zero-order valence-electron chi connectivity index (χ0n) is 12.0. The molecule has 0 fully saturated rings. The Kier molecular flexibility index (Phi) is 7.03. The van der Waals surface area contributed by atoms with E-state index in [1.807, 2.05) is 0 Å². The normalized spacial score (nSPS) is 10.0. The highest BCUT2D eigenvalue weighted by Crippen LogP contribution is 2.28. The van der Waals surface area contributed by atoms with Gasteiger partial charge in [0.05, 0.1) is 27.2 Å². The van der Waals surface area contributed by atoms with Crippen LogP contribution in [0.4, 0.5) is 0 Å². The van der Waals surface area contributed by atoms with E-state index in [4.69, 9.17) is 19.3 Å². The van der Waals surface area contributed by atoms with Crippen molar-refractivity contribution < 1.29 is 28.9 Å². The van der Waals surface area contributed by atoms with Crippen LogP contribution in [0.2, 0.25) is 0 Å². The Morgan fingerprint density at radius 1 is 1.19 bits per heavy atom. The monoisotopic (exact) mass is 297 g/mol. The molecule has 0 heterocycles. The minimum Gasteiger partial charge on any atom is -0.496 e. The van der Waals surface area contributed by atoms with E-state index in [1.54, 1.807) is 18.2 Å². The summed E-state index contributed by atoms with van der Waals surface area (Å²) in [5.74, 6) is -0.116. The van der Waals surface area contributed by atoms with Crippen molar-refractivity contribution in [1.82, 2.24) is 5.32 Å². The average molecular weight is 297 g/mol. The fourth-order valence-electron chi connectivity index (χ4n) is 1.75. The Balaban J connectivity index is 2.49. The minimum absolute atomic E-state index is 0.103. The Hall–Kier alpha value is -2.28. The van der Waals surface area contributed by atoms with Crippen LogP contribution in [-0.2, 0) is 20.7 Å². The van der Waals surface area contributed by atoms with E-state index in [0.717, 1.165) is 0 Å². The number of carboxylic acids is 1. The van der Waals surface area contributed by atoms with Crippen LogP contribution < -0.4 is 14.8 Å². The molecule has 0 spiro atoms. The molecule has 1 aromatic rings. The molecule has 0 aliphatic heterocycles. The molecular weight excluding hydrogens is 278 g/mol. The van der Waals surface area contributed by atoms with Gasteiger partial charge in [-0.25, -0.2) is 4.79 Å². The van der Waals surface area contributed by atoms with Crippen LogP contribution in [0.3, 0.4) is 0 Å². The van der Waals surface area contributed by atoms with Crippen LogP contribution in [0.5, 0.6) is 11.5 Å². The van der Waals surface area contributed by atoms with E-state index >= 15 is 0 Å². The lowest BCUT2D eigenvalue weighted by atomic mass is 10.1. The first-order valence-corrected chi connectivity index (χ1v) is 6.34. The molecule has 1 amide bonds. The van der Waals surface area contributed by atoms with E-state index in [9.17, 15) is 9.59 Å². The maximum atomic E-state index is 11.9. The molecule has 2 N–H and O–H groups in total. The standard InChI is InChI=1S/C14H19NO6/c1-19-11-4-3-5-12(20-2)10(11)8-13(16)15-6-7-21-9-14(17)18/h3-5H,6-9H2,1-2H3,(H,15,16)(H,17,18). The van der Waals surface area contributed by atoms with Gasteiger partial charge in [-0.15, -0.1) is 0 Å². The van der Waals surface area contributed by atoms with Gasteiger partial charge in [0.1, 0.15) is 18.1 Å². The number of methoxy groups -OCH3 is 2. The molecule has 0 aliphatic carbocycles. The molecule has 0 radical (unpaired) electrons. The van der Waals surface area contributed by atoms with Gasteiger partial charge < -0.3 is 24.6 Å². The van der Waals surface area contributed by atoms with Crippen LogP contribution in [0.15, 0.2) is 18.2 Å². The molecule has 1 aromatic carbocycles. The second kappa shape index (κ2) is 8.80. The van der Waals surface area contributed by atoms with Crippen molar-refractivity contribution in [3.63, 3.8) is 0 Å². The van der Waals surface area contributed by atoms with E-state index in [-0.39, 0.29) is 32.1 Å². The van der Waals surface area contributed by atoms with Gasteiger partial charge in [0, 0.05) is 12.1 Å². The van der Waals surface area contributed by atoms with Crippen LogP contribution in [-0.4, -0.2) is 51.0 Å². The second-order valence-corrected chi connectivity index (χ2v) is 4.11. The van der Waals surface area contributed by atoms with Gasteiger partial charge in [0.15, 0.2) is 0 Å². The number of benzene rings is 1. The topological polar surface area (TPSA) is 94.1 Å². The number of aliphatic carboxylic acids is 1. The molecule has 0 saturated carbocycles. The van der Waals surface area contributed by atoms with Gasteiger partial charge in [-0.1, -0.05) is 6.07 Å². The van der Waals surface area contributed by atoms with Crippen molar-refractivity contribution >= 4 is 11.9 Å². The van der Waals surface area contributed by atoms with Crippen LogP contribution >= 0.6 is 0 Å².